The Balaban J connectivity index is 3.21. The summed E-state index contributed by atoms with van der Waals surface area (Å²) in [5.41, 5.74) is 1.90. The maximum atomic E-state index is 11.0. The Bertz CT molecular complexity index is 538. The summed E-state index contributed by atoms with van der Waals surface area (Å²) in [5, 5.41) is 11.0. The van der Waals surface area contributed by atoms with E-state index in [0.29, 0.717) is 17.7 Å². The topological polar surface area (TPSA) is 61.6 Å². The second-order valence-electron chi connectivity index (χ2n) is 5.11. The molecular formula is C17H25NO4. The van der Waals surface area contributed by atoms with E-state index in [1.165, 1.54) is 0 Å². The Labute approximate surface area is 132 Å². The van der Waals surface area contributed by atoms with Crippen molar-refractivity contribution in [1.29, 1.82) is 0 Å². The molecule has 5 nitrogen and oxygen atoms in total. The summed E-state index contributed by atoms with van der Waals surface area (Å²) < 4.78 is 10.8. The zero-order chi connectivity index (χ0) is 16.5. The van der Waals surface area contributed by atoms with Crippen LogP contribution in [0.5, 0.6) is 11.5 Å². The summed E-state index contributed by atoms with van der Waals surface area (Å²) in [6.45, 7) is 3.92. The highest BCUT2D eigenvalue weighted by Gasteiger charge is 2.14. The number of nitrogens with zero attached hydrogens (tertiary/aromatic N) is 1. The normalized spacial score (nSPS) is 11.4. The number of hydrogen-bond acceptors (Lipinski definition) is 4. The van der Waals surface area contributed by atoms with Gasteiger partial charge < -0.3 is 9.47 Å². The number of nitro groups is 1. The fourth-order valence-corrected chi connectivity index (χ4v) is 2.32. The van der Waals surface area contributed by atoms with Crippen LogP contribution in [0.1, 0.15) is 50.7 Å². The van der Waals surface area contributed by atoms with Crippen LogP contribution < -0.4 is 9.47 Å². The number of allylic oxidation sites excluding steroid dienone is 1. The van der Waals surface area contributed by atoms with Crippen LogP contribution in [0.3, 0.4) is 0 Å². The van der Waals surface area contributed by atoms with Crippen molar-refractivity contribution in [2.24, 2.45) is 0 Å². The molecule has 1 aromatic carbocycles. The lowest BCUT2D eigenvalue weighted by molar-refractivity contribution is -0.425. The van der Waals surface area contributed by atoms with E-state index in [1.807, 2.05) is 12.1 Å². The van der Waals surface area contributed by atoms with Crippen molar-refractivity contribution in [2.45, 2.75) is 46.0 Å². The maximum Gasteiger partial charge on any atom is 0.246 e. The summed E-state index contributed by atoms with van der Waals surface area (Å²) in [4.78, 5) is 10.6. The molecule has 0 fully saturated rings. The van der Waals surface area contributed by atoms with E-state index in [0.717, 1.165) is 37.0 Å². The van der Waals surface area contributed by atoms with Crippen LogP contribution in [0.2, 0.25) is 0 Å². The molecule has 22 heavy (non-hydrogen) atoms. The van der Waals surface area contributed by atoms with Gasteiger partial charge in [0.1, 0.15) is 11.5 Å². The lowest BCUT2D eigenvalue weighted by atomic mass is 10.0. The molecule has 0 aliphatic rings. The number of unbranched alkanes of at least 4 members (excludes halogenated alkanes) is 2. The lowest BCUT2D eigenvalue weighted by Crippen LogP contribution is -2.00. The highest BCUT2D eigenvalue weighted by atomic mass is 16.6. The third kappa shape index (κ3) is 4.76. The zero-order valence-electron chi connectivity index (χ0n) is 13.8. The summed E-state index contributed by atoms with van der Waals surface area (Å²) in [6.07, 6.45) is 6.22. The van der Waals surface area contributed by atoms with E-state index in [1.54, 1.807) is 27.2 Å². The number of benzene rings is 1. The molecule has 0 heterocycles. The third-order valence-corrected chi connectivity index (χ3v) is 3.60. The molecule has 0 aliphatic heterocycles. The van der Waals surface area contributed by atoms with Crippen molar-refractivity contribution in [1.82, 2.24) is 0 Å². The average Bonchev–Trinajstić information content (AvgIpc) is 2.52. The first-order valence-corrected chi connectivity index (χ1v) is 7.67. The smallest absolute Gasteiger partial charge is 0.246 e. The molecule has 0 unspecified atom stereocenters. The fraction of sp³-hybridized carbons (Fsp3) is 0.529. The molecule has 0 spiro atoms. The molecule has 0 saturated carbocycles. The van der Waals surface area contributed by atoms with Gasteiger partial charge in [-0.15, -0.1) is 0 Å². The molecule has 0 saturated heterocycles. The molecule has 5 heteroatoms. The van der Waals surface area contributed by atoms with Crippen molar-refractivity contribution in [3.8, 4) is 11.5 Å². The monoisotopic (exact) mass is 307 g/mol. The van der Waals surface area contributed by atoms with Crippen LogP contribution in [-0.2, 0) is 6.42 Å². The number of aryl methyl sites for hydroxylation is 1. The van der Waals surface area contributed by atoms with Gasteiger partial charge in [-0.3, -0.25) is 10.1 Å². The minimum absolute atomic E-state index is 0.152. The Hall–Kier alpha value is -2.04. The van der Waals surface area contributed by atoms with Crippen LogP contribution in [0.25, 0.3) is 6.08 Å². The first-order valence-electron chi connectivity index (χ1n) is 7.67. The molecule has 0 bridgehead atoms. The second kappa shape index (κ2) is 9.07. The minimum atomic E-state index is -0.360. The van der Waals surface area contributed by atoms with Crippen molar-refractivity contribution < 1.29 is 14.4 Å². The Morgan fingerprint density at radius 3 is 2.36 bits per heavy atom. The van der Waals surface area contributed by atoms with Crippen molar-refractivity contribution in [2.75, 3.05) is 14.2 Å². The molecular weight excluding hydrogens is 282 g/mol. The van der Waals surface area contributed by atoms with Crippen LogP contribution in [0.15, 0.2) is 17.8 Å². The van der Waals surface area contributed by atoms with Gasteiger partial charge in [-0.2, -0.15) is 0 Å². The predicted octanol–water partition coefficient (Wildman–Crippen LogP) is 4.46. The van der Waals surface area contributed by atoms with E-state index < -0.39 is 0 Å². The van der Waals surface area contributed by atoms with Gasteiger partial charge in [0.25, 0.3) is 0 Å². The Morgan fingerprint density at radius 2 is 1.86 bits per heavy atom. The third-order valence-electron chi connectivity index (χ3n) is 3.60. The Morgan fingerprint density at radius 1 is 1.18 bits per heavy atom. The van der Waals surface area contributed by atoms with Crippen LogP contribution >= 0.6 is 0 Å². The minimum Gasteiger partial charge on any atom is -0.496 e. The SMILES string of the molecule is CCCCCc1cc(OC)c(/C=C(\CC)[N+](=O)[O-])cc1OC. The largest absolute Gasteiger partial charge is 0.496 e. The van der Waals surface area contributed by atoms with Gasteiger partial charge in [0, 0.05) is 18.1 Å². The van der Waals surface area contributed by atoms with Crippen molar-refractivity contribution >= 4 is 6.08 Å². The number of ether oxygens (including phenoxy) is 2. The second-order valence-corrected chi connectivity index (χ2v) is 5.11. The first-order chi connectivity index (χ1) is 10.6. The van der Waals surface area contributed by atoms with E-state index in [-0.39, 0.29) is 10.6 Å². The van der Waals surface area contributed by atoms with Gasteiger partial charge >= 0.3 is 0 Å². The molecule has 0 atom stereocenters. The molecule has 0 aliphatic carbocycles. The van der Waals surface area contributed by atoms with Gasteiger partial charge in [-0.05, 0) is 30.5 Å². The number of rotatable bonds is 9. The van der Waals surface area contributed by atoms with E-state index in [9.17, 15) is 10.1 Å². The Kier molecular flexibility index (Phi) is 7.43. The van der Waals surface area contributed by atoms with Crippen LogP contribution in [0.4, 0.5) is 0 Å². The molecule has 0 aromatic heterocycles. The molecule has 0 radical (unpaired) electrons. The summed E-state index contributed by atoms with van der Waals surface area (Å²) in [6, 6.07) is 3.74. The van der Waals surface area contributed by atoms with Gasteiger partial charge in [0.05, 0.1) is 19.1 Å². The van der Waals surface area contributed by atoms with Crippen molar-refractivity contribution in [3.63, 3.8) is 0 Å². The fourth-order valence-electron chi connectivity index (χ4n) is 2.32. The van der Waals surface area contributed by atoms with E-state index in [2.05, 4.69) is 6.92 Å². The predicted molar refractivity (Wildman–Crippen MR) is 88.0 cm³/mol. The number of methoxy groups -OCH3 is 2. The maximum absolute atomic E-state index is 11.0. The van der Waals surface area contributed by atoms with Gasteiger partial charge in [-0.1, -0.05) is 26.7 Å². The summed E-state index contributed by atoms with van der Waals surface area (Å²) in [5.74, 6) is 1.39. The molecule has 0 N–H and O–H groups in total. The molecule has 1 aromatic rings. The quantitative estimate of drug-likeness (QED) is 0.384. The molecule has 0 amide bonds. The zero-order valence-corrected chi connectivity index (χ0v) is 13.8. The van der Waals surface area contributed by atoms with Crippen molar-refractivity contribution in [3.05, 3.63) is 39.1 Å². The van der Waals surface area contributed by atoms with Crippen LogP contribution in [0, 0.1) is 10.1 Å². The standard InChI is InChI=1S/C17H25NO4/c1-5-7-8-9-13-11-17(22-4)14(12-16(13)21-3)10-15(6-2)18(19)20/h10-12H,5-9H2,1-4H3/b15-10+. The first kappa shape index (κ1) is 18.0. The molecule has 1 rings (SSSR count). The van der Waals surface area contributed by atoms with E-state index in [4.69, 9.17) is 9.47 Å². The highest BCUT2D eigenvalue weighted by Crippen LogP contribution is 2.32. The highest BCUT2D eigenvalue weighted by molar-refractivity contribution is 5.62. The van der Waals surface area contributed by atoms with Crippen LogP contribution in [-0.4, -0.2) is 19.1 Å². The summed E-state index contributed by atoms with van der Waals surface area (Å²) >= 11 is 0. The van der Waals surface area contributed by atoms with Gasteiger partial charge in [0.15, 0.2) is 0 Å². The van der Waals surface area contributed by atoms with Gasteiger partial charge in [-0.25, -0.2) is 0 Å². The van der Waals surface area contributed by atoms with E-state index >= 15 is 0 Å². The lowest BCUT2D eigenvalue weighted by Gasteiger charge is -2.13. The molecule has 122 valence electrons. The average molecular weight is 307 g/mol. The summed E-state index contributed by atoms with van der Waals surface area (Å²) in [7, 11) is 3.19. The number of hydrogen-bond donors (Lipinski definition) is 0. The van der Waals surface area contributed by atoms with Gasteiger partial charge in [0.2, 0.25) is 5.70 Å².